The zero-order chi connectivity index (χ0) is 13.0. The lowest BCUT2D eigenvalue weighted by Gasteiger charge is -2.26. The Bertz CT molecular complexity index is 408. The summed E-state index contributed by atoms with van der Waals surface area (Å²) in [6.07, 6.45) is 6.08. The third-order valence-corrected chi connectivity index (χ3v) is 3.86. The number of hydrogen-bond acceptors (Lipinski definition) is 3. The number of hydrogen-bond donors (Lipinski definition) is 4. The molecule has 4 N–H and O–H groups in total. The number of aliphatic hydroxyl groups excluding tert-OH is 1. The minimum absolute atomic E-state index is 0.00399. The van der Waals surface area contributed by atoms with Crippen LogP contribution in [0.5, 0.6) is 0 Å². The van der Waals surface area contributed by atoms with Gasteiger partial charge in [0.15, 0.2) is 0 Å². The van der Waals surface area contributed by atoms with E-state index < -0.39 is 5.97 Å². The van der Waals surface area contributed by atoms with Crippen LogP contribution >= 0.6 is 0 Å². The van der Waals surface area contributed by atoms with E-state index in [0.717, 1.165) is 19.4 Å². The van der Waals surface area contributed by atoms with Crippen molar-refractivity contribution in [3.63, 3.8) is 0 Å². The highest BCUT2D eigenvalue weighted by Crippen LogP contribution is 2.36. The molecule has 1 heterocycles. The van der Waals surface area contributed by atoms with Gasteiger partial charge in [-0.15, -0.1) is 0 Å². The number of nitrogens with one attached hydrogen (secondary N) is 2. The highest BCUT2D eigenvalue weighted by atomic mass is 16.4. The number of carboxylic acids is 1. The molecule has 1 saturated carbocycles. The first-order chi connectivity index (χ1) is 8.67. The fraction of sp³-hybridized carbons (Fsp3) is 0.615. The first-order valence-electron chi connectivity index (χ1n) is 6.38. The second-order valence-corrected chi connectivity index (χ2v) is 5.14. The highest BCUT2D eigenvalue weighted by Gasteiger charge is 2.32. The topological polar surface area (TPSA) is 85.3 Å². The minimum atomic E-state index is -0.911. The van der Waals surface area contributed by atoms with Gasteiger partial charge in [-0.25, -0.2) is 4.79 Å². The van der Waals surface area contributed by atoms with Crippen LogP contribution < -0.4 is 5.32 Å². The van der Waals surface area contributed by atoms with Crippen molar-refractivity contribution >= 4 is 5.97 Å². The van der Waals surface area contributed by atoms with Gasteiger partial charge >= 0.3 is 5.97 Å². The molecule has 18 heavy (non-hydrogen) atoms. The Morgan fingerprint density at radius 2 is 2.17 bits per heavy atom. The van der Waals surface area contributed by atoms with Gasteiger partial charge in [-0.3, -0.25) is 0 Å². The Labute approximate surface area is 106 Å². The number of aromatic nitrogens is 1. The summed E-state index contributed by atoms with van der Waals surface area (Å²) in [4.78, 5) is 13.9. The van der Waals surface area contributed by atoms with E-state index in [4.69, 9.17) is 5.11 Å². The van der Waals surface area contributed by atoms with Crippen LogP contribution in [0.15, 0.2) is 12.3 Å². The van der Waals surface area contributed by atoms with Crippen molar-refractivity contribution in [2.75, 3.05) is 13.2 Å². The van der Waals surface area contributed by atoms with Gasteiger partial charge in [-0.2, -0.15) is 0 Å². The van der Waals surface area contributed by atoms with E-state index >= 15 is 0 Å². The average molecular weight is 252 g/mol. The molecule has 1 fully saturated rings. The molecule has 0 spiro atoms. The Kier molecular flexibility index (Phi) is 4.04. The van der Waals surface area contributed by atoms with Gasteiger partial charge in [0.2, 0.25) is 0 Å². The number of aromatic carboxylic acids is 1. The van der Waals surface area contributed by atoms with Crippen molar-refractivity contribution in [3.8, 4) is 0 Å². The SMILES string of the molecule is O=C(O)c1cc[nH]c1CNCC1(CO)CCCC1. The molecule has 2 rings (SSSR count). The summed E-state index contributed by atoms with van der Waals surface area (Å²) >= 11 is 0. The van der Waals surface area contributed by atoms with E-state index in [1.165, 1.54) is 12.8 Å². The van der Waals surface area contributed by atoms with Crippen molar-refractivity contribution in [2.45, 2.75) is 32.2 Å². The molecule has 1 aromatic rings. The number of carboxylic acid groups (broad SMARTS) is 1. The van der Waals surface area contributed by atoms with Gasteiger partial charge in [0.1, 0.15) is 0 Å². The van der Waals surface area contributed by atoms with Crippen LogP contribution in [0.2, 0.25) is 0 Å². The summed E-state index contributed by atoms with van der Waals surface area (Å²) in [7, 11) is 0. The number of aromatic amines is 1. The molecule has 5 heteroatoms. The monoisotopic (exact) mass is 252 g/mol. The molecule has 0 atom stereocenters. The Morgan fingerprint density at radius 3 is 2.78 bits per heavy atom. The first-order valence-corrected chi connectivity index (χ1v) is 6.38. The quantitative estimate of drug-likeness (QED) is 0.616. The van der Waals surface area contributed by atoms with E-state index in [9.17, 15) is 9.90 Å². The molecule has 0 unspecified atom stereocenters. The molecule has 0 aromatic carbocycles. The molecule has 5 nitrogen and oxygen atoms in total. The molecule has 1 aliphatic rings. The molecule has 0 radical (unpaired) electrons. The number of rotatable bonds is 6. The average Bonchev–Trinajstić information content (AvgIpc) is 2.98. The fourth-order valence-corrected chi connectivity index (χ4v) is 2.72. The predicted molar refractivity (Wildman–Crippen MR) is 67.4 cm³/mol. The molecule has 100 valence electrons. The number of H-pyrrole nitrogens is 1. The molecule has 1 aromatic heterocycles. The first kappa shape index (κ1) is 13.1. The van der Waals surface area contributed by atoms with Gasteiger partial charge < -0.3 is 20.5 Å². The zero-order valence-electron chi connectivity index (χ0n) is 10.4. The second-order valence-electron chi connectivity index (χ2n) is 5.14. The van der Waals surface area contributed by atoms with Crippen LogP contribution in [-0.4, -0.2) is 34.3 Å². The summed E-state index contributed by atoms with van der Waals surface area (Å²) in [5, 5.41) is 21.7. The van der Waals surface area contributed by atoms with Crippen molar-refractivity contribution in [1.29, 1.82) is 0 Å². The van der Waals surface area contributed by atoms with Crippen LogP contribution in [-0.2, 0) is 6.54 Å². The third-order valence-electron chi connectivity index (χ3n) is 3.86. The van der Waals surface area contributed by atoms with Gasteiger partial charge in [0.05, 0.1) is 5.56 Å². The molecule has 0 saturated heterocycles. The van der Waals surface area contributed by atoms with E-state index in [1.807, 2.05) is 0 Å². The van der Waals surface area contributed by atoms with Crippen LogP contribution in [0, 0.1) is 5.41 Å². The van der Waals surface area contributed by atoms with E-state index in [1.54, 1.807) is 12.3 Å². The molecule has 1 aliphatic carbocycles. The summed E-state index contributed by atoms with van der Waals surface area (Å²) in [6.45, 7) is 1.44. The van der Waals surface area contributed by atoms with Gasteiger partial charge in [-0.1, -0.05) is 12.8 Å². The minimum Gasteiger partial charge on any atom is -0.478 e. The van der Waals surface area contributed by atoms with Crippen molar-refractivity contribution < 1.29 is 15.0 Å². The fourth-order valence-electron chi connectivity index (χ4n) is 2.72. The van der Waals surface area contributed by atoms with Gasteiger partial charge in [-0.05, 0) is 18.9 Å². The molecular formula is C13H20N2O3. The Hall–Kier alpha value is -1.33. The summed E-state index contributed by atoms with van der Waals surface area (Å²) < 4.78 is 0. The van der Waals surface area contributed by atoms with Crippen LogP contribution in [0.1, 0.15) is 41.7 Å². The summed E-state index contributed by atoms with van der Waals surface area (Å²) in [6, 6.07) is 1.57. The van der Waals surface area contributed by atoms with E-state index in [-0.39, 0.29) is 12.0 Å². The maximum atomic E-state index is 10.9. The van der Waals surface area contributed by atoms with E-state index in [0.29, 0.717) is 17.8 Å². The molecule has 0 amide bonds. The third kappa shape index (κ3) is 2.73. The lowest BCUT2D eigenvalue weighted by molar-refractivity contribution is 0.0695. The Morgan fingerprint density at radius 1 is 1.44 bits per heavy atom. The van der Waals surface area contributed by atoms with Gasteiger partial charge in [0, 0.05) is 37.0 Å². The van der Waals surface area contributed by atoms with Crippen LogP contribution in [0.25, 0.3) is 0 Å². The van der Waals surface area contributed by atoms with E-state index in [2.05, 4.69) is 10.3 Å². The normalized spacial score (nSPS) is 18.1. The maximum absolute atomic E-state index is 10.9. The predicted octanol–water partition coefficient (Wildman–Crippen LogP) is 1.36. The summed E-state index contributed by atoms with van der Waals surface area (Å²) in [5.74, 6) is -0.911. The molecule has 0 bridgehead atoms. The largest absolute Gasteiger partial charge is 0.478 e. The van der Waals surface area contributed by atoms with Crippen molar-refractivity contribution in [3.05, 3.63) is 23.5 Å². The smallest absolute Gasteiger partial charge is 0.337 e. The molecular weight excluding hydrogens is 232 g/mol. The maximum Gasteiger partial charge on any atom is 0.337 e. The lowest BCUT2D eigenvalue weighted by atomic mass is 9.87. The van der Waals surface area contributed by atoms with Gasteiger partial charge in [0.25, 0.3) is 0 Å². The second kappa shape index (κ2) is 5.54. The lowest BCUT2D eigenvalue weighted by Crippen LogP contribution is -2.35. The number of aliphatic hydroxyl groups is 1. The van der Waals surface area contributed by atoms with Crippen LogP contribution in [0.4, 0.5) is 0 Å². The molecule has 0 aliphatic heterocycles. The zero-order valence-corrected chi connectivity index (χ0v) is 10.4. The van der Waals surface area contributed by atoms with Crippen molar-refractivity contribution in [1.82, 2.24) is 10.3 Å². The summed E-state index contributed by atoms with van der Waals surface area (Å²) in [5.41, 5.74) is 0.997. The Balaban J connectivity index is 1.88. The standard InChI is InChI=1S/C13H20N2O3/c16-9-13(4-1-2-5-13)8-14-7-11-10(12(17)18)3-6-15-11/h3,6,14-16H,1-2,4-5,7-9H2,(H,17,18). The van der Waals surface area contributed by atoms with Crippen LogP contribution in [0.3, 0.4) is 0 Å². The highest BCUT2D eigenvalue weighted by molar-refractivity contribution is 5.88. The number of carbonyl (C=O) groups is 1. The van der Waals surface area contributed by atoms with Crippen molar-refractivity contribution in [2.24, 2.45) is 5.41 Å².